The van der Waals surface area contributed by atoms with E-state index in [-0.39, 0.29) is 37.0 Å². The first-order chi connectivity index (χ1) is 21.2. The molecule has 2 aromatic rings. The second kappa shape index (κ2) is 16.2. The monoisotopic (exact) mass is 624 g/mol. The third-order valence-corrected chi connectivity index (χ3v) is 7.60. The molecule has 2 aromatic carbocycles. The molecule has 3 rings (SSSR count). The van der Waals surface area contributed by atoms with Crippen LogP contribution in [-0.4, -0.2) is 59.9 Å². The van der Waals surface area contributed by atoms with E-state index in [4.69, 9.17) is 4.74 Å². The van der Waals surface area contributed by atoms with Gasteiger partial charge in [0.25, 0.3) is 5.91 Å². The molecule has 0 aliphatic carbocycles. The predicted octanol–water partition coefficient (Wildman–Crippen LogP) is 2.83. The Balaban J connectivity index is 2.07. The molecule has 1 unspecified atom stereocenters. The van der Waals surface area contributed by atoms with Gasteiger partial charge in [-0.25, -0.2) is 9.18 Å². The van der Waals surface area contributed by atoms with E-state index in [2.05, 4.69) is 21.3 Å². The summed E-state index contributed by atoms with van der Waals surface area (Å²) in [6.45, 7) is 10.7. The van der Waals surface area contributed by atoms with Crippen LogP contribution in [0.4, 0.5) is 4.39 Å². The van der Waals surface area contributed by atoms with E-state index in [1.807, 2.05) is 19.9 Å². The summed E-state index contributed by atoms with van der Waals surface area (Å²) in [6, 6.07) is 10.1. The standard InChI is InChI=1S/C34H45FN4O6/c1-19(2)16-27-31(41)36-25(17-23-12-14-24(35)15-13-23)30(40)38-29(21(5)6)33(43)39-28(20(3)4)32(42)37-26(34(44)45-27)18-22-10-8-7-9-11-22/h7-15,19-21,25-29H,16-18H2,1-6H3,(H,36,41)(H,37,42)(H,38,40)(H,39,43)/t25-,26-,27?,28-,29-/m0/s1. The summed E-state index contributed by atoms with van der Waals surface area (Å²) >= 11 is 0. The average Bonchev–Trinajstić information content (AvgIpc) is 2.97. The van der Waals surface area contributed by atoms with Crippen molar-refractivity contribution in [1.29, 1.82) is 0 Å². The number of nitrogens with one attached hydrogen (secondary N) is 4. The molecule has 1 saturated heterocycles. The molecule has 0 radical (unpaired) electrons. The van der Waals surface area contributed by atoms with Gasteiger partial charge in [0, 0.05) is 12.8 Å². The largest absolute Gasteiger partial charge is 0.451 e. The Morgan fingerprint density at radius 3 is 1.67 bits per heavy atom. The second-order valence-corrected chi connectivity index (χ2v) is 12.7. The summed E-state index contributed by atoms with van der Waals surface area (Å²) in [5.41, 5.74) is 1.32. The van der Waals surface area contributed by atoms with Crippen molar-refractivity contribution in [2.24, 2.45) is 17.8 Å². The number of rotatable bonds is 8. The number of hydrogen-bond donors (Lipinski definition) is 4. The van der Waals surface area contributed by atoms with E-state index in [9.17, 15) is 28.4 Å². The average molecular weight is 625 g/mol. The first-order valence-corrected chi connectivity index (χ1v) is 15.5. The third-order valence-electron chi connectivity index (χ3n) is 7.60. The Hall–Kier alpha value is -4.28. The maximum absolute atomic E-state index is 13.7. The van der Waals surface area contributed by atoms with E-state index in [1.165, 1.54) is 24.3 Å². The summed E-state index contributed by atoms with van der Waals surface area (Å²) in [5, 5.41) is 10.9. The Kier molecular flexibility index (Phi) is 12.6. The van der Waals surface area contributed by atoms with Gasteiger partial charge in [-0.05, 0) is 47.4 Å². The van der Waals surface area contributed by atoms with Crippen molar-refractivity contribution in [2.75, 3.05) is 0 Å². The van der Waals surface area contributed by atoms with Gasteiger partial charge in [-0.1, -0.05) is 84.0 Å². The molecule has 1 aliphatic rings. The highest BCUT2D eigenvalue weighted by Crippen LogP contribution is 2.16. The maximum atomic E-state index is 13.7. The summed E-state index contributed by atoms with van der Waals surface area (Å²) in [5.74, 6) is -4.65. The second-order valence-electron chi connectivity index (χ2n) is 12.7. The molecule has 45 heavy (non-hydrogen) atoms. The van der Waals surface area contributed by atoms with Gasteiger partial charge in [0.2, 0.25) is 17.7 Å². The lowest BCUT2D eigenvalue weighted by molar-refractivity contribution is -0.160. The van der Waals surface area contributed by atoms with Crippen molar-refractivity contribution >= 4 is 29.6 Å². The van der Waals surface area contributed by atoms with Gasteiger partial charge in [-0.3, -0.25) is 19.2 Å². The van der Waals surface area contributed by atoms with Crippen LogP contribution in [0.15, 0.2) is 54.6 Å². The van der Waals surface area contributed by atoms with E-state index >= 15 is 0 Å². The van der Waals surface area contributed by atoms with Gasteiger partial charge in [0.05, 0.1) is 0 Å². The fraction of sp³-hybridized carbons (Fsp3) is 0.500. The first-order valence-electron chi connectivity index (χ1n) is 15.5. The van der Waals surface area contributed by atoms with Gasteiger partial charge in [-0.2, -0.15) is 0 Å². The van der Waals surface area contributed by atoms with Crippen LogP contribution in [0.25, 0.3) is 0 Å². The first kappa shape index (κ1) is 35.2. The number of cyclic esters (lactones) is 1. The van der Waals surface area contributed by atoms with Crippen LogP contribution in [-0.2, 0) is 41.6 Å². The fourth-order valence-electron chi connectivity index (χ4n) is 5.06. The molecule has 0 aromatic heterocycles. The van der Waals surface area contributed by atoms with Gasteiger partial charge >= 0.3 is 5.97 Å². The molecule has 0 spiro atoms. The maximum Gasteiger partial charge on any atom is 0.329 e. The van der Waals surface area contributed by atoms with Crippen molar-refractivity contribution in [1.82, 2.24) is 21.3 Å². The Bertz CT molecular complexity index is 1330. The molecule has 244 valence electrons. The predicted molar refractivity (Wildman–Crippen MR) is 167 cm³/mol. The van der Waals surface area contributed by atoms with E-state index in [0.717, 1.165) is 5.56 Å². The highest BCUT2D eigenvalue weighted by Gasteiger charge is 2.37. The molecule has 0 bridgehead atoms. The molecular formula is C34H45FN4O6. The fourth-order valence-corrected chi connectivity index (χ4v) is 5.06. The van der Waals surface area contributed by atoms with Crippen LogP contribution in [0.3, 0.4) is 0 Å². The molecule has 1 aliphatic heterocycles. The normalized spacial score (nSPS) is 23.9. The lowest BCUT2D eigenvalue weighted by atomic mass is 9.98. The van der Waals surface area contributed by atoms with Crippen LogP contribution in [0.1, 0.15) is 59.1 Å². The van der Waals surface area contributed by atoms with Crippen LogP contribution >= 0.6 is 0 Å². The number of hydrogen-bond acceptors (Lipinski definition) is 6. The number of benzene rings is 2. The van der Waals surface area contributed by atoms with Crippen LogP contribution in [0.5, 0.6) is 0 Å². The number of halogens is 1. The zero-order valence-electron chi connectivity index (χ0n) is 26.8. The minimum Gasteiger partial charge on any atom is -0.451 e. The molecular weight excluding hydrogens is 579 g/mol. The Labute approximate surface area is 264 Å². The lowest BCUT2D eigenvalue weighted by Gasteiger charge is -2.29. The minimum absolute atomic E-state index is 0.0159. The number of esters is 1. The van der Waals surface area contributed by atoms with Gasteiger partial charge < -0.3 is 26.0 Å². The van der Waals surface area contributed by atoms with Crippen molar-refractivity contribution in [3.8, 4) is 0 Å². The zero-order chi connectivity index (χ0) is 33.3. The summed E-state index contributed by atoms with van der Waals surface area (Å²) in [7, 11) is 0. The van der Waals surface area contributed by atoms with Crippen LogP contribution in [0, 0.1) is 23.6 Å². The molecule has 4 amide bonds. The molecule has 0 saturated carbocycles. The Morgan fingerprint density at radius 2 is 1.11 bits per heavy atom. The number of carbonyl (C=O) groups is 5. The van der Waals surface area contributed by atoms with E-state index < -0.39 is 65.7 Å². The highest BCUT2D eigenvalue weighted by atomic mass is 19.1. The quantitative estimate of drug-likeness (QED) is 0.333. The highest BCUT2D eigenvalue weighted by molar-refractivity contribution is 5.96. The summed E-state index contributed by atoms with van der Waals surface area (Å²) in [4.78, 5) is 68.2. The van der Waals surface area contributed by atoms with Gasteiger partial charge in [0.1, 0.15) is 30.0 Å². The van der Waals surface area contributed by atoms with Crippen molar-refractivity contribution in [2.45, 2.75) is 91.1 Å². The van der Waals surface area contributed by atoms with Gasteiger partial charge in [-0.15, -0.1) is 0 Å². The number of carbonyl (C=O) groups excluding carboxylic acids is 5. The third kappa shape index (κ3) is 10.4. The topological polar surface area (TPSA) is 143 Å². The SMILES string of the molecule is CC(C)CC1OC(=O)[C@H](Cc2ccccc2)NC(=O)[C@H](C(C)C)NC(=O)[C@H](C(C)C)NC(=O)[C@H](Cc2ccc(F)cc2)NC1=O. The molecule has 1 heterocycles. The number of ether oxygens (including phenoxy) is 1. The molecule has 10 nitrogen and oxygen atoms in total. The molecule has 11 heteroatoms. The zero-order valence-corrected chi connectivity index (χ0v) is 26.8. The lowest BCUT2D eigenvalue weighted by Crippen LogP contribution is -2.60. The molecule has 5 atom stereocenters. The summed E-state index contributed by atoms with van der Waals surface area (Å²) < 4.78 is 19.4. The van der Waals surface area contributed by atoms with Crippen molar-refractivity contribution in [3.63, 3.8) is 0 Å². The van der Waals surface area contributed by atoms with Gasteiger partial charge in [0.15, 0.2) is 6.10 Å². The van der Waals surface area contributed by atoms with E-state index in [0.29, 0.717) is 5.56 Å². The minimum atomic E-state index is -1.28. The van der Waals surface area contributed by atoms with Crippen LogP contribution in [0.2, 0.25) is 0 Å². The van der Waals surface area contributed by atoms with E-state index in [1.54, 1.807) is 52.0 Å². The van der Waals surface area contributed by atoms with Crippen molar-refractivity contribution < 1.29 is 33.1 Å². The molecule has 1 fully saturated rings. The number of amides is 4. The molecule has 4 N–H and O–H groups in total. The van der Waals surface area contributed by atoms with Crippen molar-refractivity contribution in [3.05, 3.63) is 71.5 Å². The smallest absolute Gasteiger partial charge is 0.329 e. The summed E-state index contributed by atoms with van der Waals surface area (Å²) in [6.07, 6.45) is -1.06. The van der Waals surface area contributed by atoms with Crippen LogP contribution < -0.4 is 21.3 Å². The Morgan fingerprint density at radius 1 is 0.622 bits per heavy atom.